The smallest absolute Gasteiger partial charge is 0.316 e. The van der Waals surface area contributed by atoms with Gasteiger partial charge in [-0.25, -0.2) is 0 Å². The Morgan fingerprint density at radius 3 is 2.89 bits per heavy atom. The first-order chi connectivity index (χ1) is 9.15. The van der Waals surface area contributed by atoms with E-state index >= 15 is 0 Å². The van der Waals surface area contributed by atoms with Crippen molar-refractivity contribution < 1.29 is 14.7 Å². The molecule has 0 bridgehead atoms. The van der Waals surface area contributed by atoms with Gasteiger partial charge in [-0.3, -0.25) is 9.59 Å². The topological polar surface area (TPSA) is 81.7 Å². The van der Waals surface area contributed by atoms with Crippen LogP contribution < -0.4 is 15.5 Å². The maximum atomic E-state index is 11.9. The van der Waals surface area contributed by atoms with Crippen LogP contribution in [0.15, 0.2) is 24.3 Å². The molecule has 0 saturated carbocycles. The largest absolute Gasteiger partial charge is 0.387 e. The van der Waals surface area contributed by atoms with Gasteiger partial charge in [0.05, 0.1) is 11.8 Å². The number of para-hydroxylation sites is 1. The van der Waals surface area contributed by atoms with E-state index in [1.54, 1.807) is 31.3 Å². The van der Waals surface area contributed by atoms with Crippen molar-refractivity contribution in [2.24, 2.45) is 0 Å². The van der Waals surface area contributed by atoms with Crippen molar-refractivity contribution >= 4 is 17.5 Å². The molecule has 0 aliphatic carbocycles. The van der Waals surface area contributed by atoms with Gasteiger partial charge in [-0.05, 0) is 13.1 Å². The first-order valence-electron chi connectivity index (χ1n) is 6.16. The fourth-order valence-electron chi connectivity index (χ4n) is 2.13. The highest BCUT2D eigenvalue weighted by Gasteiger charge is 2.29. The second-order valence-corrected chi connectivity index (χ2v) is 4.34. The second kappa shape index (κ2) is 5.81. The molecule has 1 aromatic carbocycles. The van der Waals surface area contributed by atoms with Crippen LogP contribution in [0.1, 0.15) is 11.7 Å². The number of benzene rings is 1. The lowest BCUT2D eigenvalue weighted by molar-refractivity contribution is -0.138. The maximum absolute atomic E-state index is 11.9. The zero-order chi connectivity index (χ0) is 13.8. The molecule has 1 saturated heterocycles. The van der Waals surface area contributed by atoms with E-state index in [9.17, 15) is 14.7 Å². The summed E-state index contributed by atoms with van der Waals surface area (Å²) in [6, 6.07) is 7.08. The average molecular weight is 263 g/mol. The molecule has 0 spiro atoms. The van der Waals surface area contributed by atoms with Gasteiger partial charge in [0.2, 0.25) is 0 Å². The number of nitrogens with zero attached hydrogens (tertiary/aromatic N) is 1. The van der Waals surface area contributed by atoms with E-state index in [-0.39, 0.29) is 0 Å². The lowest BCUT2D eigenvalue weighted by atomic mass is 10.1. The SMILES string of the molecule is CNCC(O)c1ccccc1N1CCNC(=O)C1=O. The minimum atomic E-state index is -0.723. The molecule has 2 amide bonds. The van der Waals surface area contributed by atoms with Crippen LogP contribution in [0.25, 0.3) is 0 Å². The summed E-state index contributed by atoms with van der Waals surface area (Å²) in [5.41, 5.74) is 1.23. The van der Waals surface area contributed by atoms with Gasteiger partial charge < -0.3 is 20.6 Å². The molecular formula is C13H17N3O3. The van der Waals surface area contributed by atoms with Crippen LogP contribution in [0.2, 0.25) is 0 Å². The van der Waals surface area contributed by atoms with E-state index in [1.165, 1.54) is 4.90 Å². The molecule has 6 nitrogen and oxygen atoms in total. The number of rotatable bonds is 4. The van der Waals surface area contributed by atoms with Gasteiger partial charge in [0.15, 0.2) is 0 Å². The van der Waals surface area contributed by atoms with Gasteiger partial charge in [0, 0.05) is 25.2 Å². The minimum absolute atomic E-state index is 0.380. The van der Waals surface area contributed by atoms with E-state index in [0.29, 0.717) is 30.9 Å². The van der Waals surface area contributed by atoms with E-state index in [2.05, 4.69) is 10.6 Å². The highest BCUT2D eigenvalue weighted by Crippen LogP contribution is 2.26. The van der Waals surface area contributed by atoms with Crippen LogP contribution in [0.4, 0.5) is 5.69 Å². The summed E-state index contributed by atoms with van der Waals surface area (Å²) in [5.74, 6) is -1.19. The third-order valence-corrected chi connectivity index (χ3v) is 3.04. The van der Waals surface area contributed by atoms with Gasteiger partial charge in [0.1, 0.15) is 0 Å². The molecule has 1 heterocycles. The van der Waals surface area contributed by atoms with Crippen molar-refractivity contribution in [3.63, 3.8) is 0 Å². The number of amides is 2. The Hall–Kier alpha value is -1.92. The standard InChI is InChI=1S/C13H17N3O3/c1-14-8-11(17)9-4-2-3-5-10(9)16-7-6-15-12(18)13(16)19/h2-5,11,14,17H,6-8H2,1H3,(H,15,18). The molecule has 3 N–H and O–H groups in total. The molecule has 1 aliphatic heterocycles. The molecule has 1 aliphatic rings. The molecular weight excluding hydrogens is 246 g/mol. The summed E-state index contributed by atoms with van der Waals surface area (Å²) in [4.78, 5) is 24.7. The van der Waals surface area contributed by atoms with Crippen molar-refractivity contribution in [3.05, 3.63) is 29.8 Å². The lowest BCUT2D eigenvalue weighted by Gasteiger charge is -2.29. The van der Waals surface area contributed by atoms with Crippen molar-refractivity contribution in [3.8, 4) is 0 Å². The molecule has 1 fully saturated rings. The van der Waals surface area contributed by atoms with Crippen LogP contribution in [-0.4, -0.2) is 43.6 Å². The Balaban J connectivity index is 2.33. The van der Waals surface area contributed by atoms with Crippen molar-refractivity contribution in [1.29, 1.82) is 0 Å². The first-order valence-corrected chi connectivity index (χ1v) is 6.16. The highest BCUT2D eigenvalue weighted by atomic mass is 16.3. The number of aliphatic hydroxyl groups excluding tert-OH is 1. The number of carbonyl (C=O) groups is 2. The Morgan fingerprint density at radius 2 is 2.16 bits per heavy atom. The summed E-state index contributed by atoms with van der Waals surface area (Å²) < 4.78 is 0. The molecule has 0 aromatic heterocycles. The summed E-state index contributed by atoms with van der Waals surface area (Å²) in [7, 11) is 1.74. The van der Waals surface area contributed by atoms with E-state index in [4.69, 9.17) is 0 Å². The third kappa shape index (κ3) is 2.74. The van der Waals surface area contributed by atoms with E-state index < -0.39 is 17.9 Å². The van der Waals surface area contributed by atoms with E-state index in [0.717, 1.165) is 0 Å². The quantitative estimate of drug-likeness (QED) is 0.634. The minimum Gasteiger partial charge on any atom is -0.387 e. The van der Waals surface area contributed by atoms with Gasteiger partial charge in [0.25, 0.3) is 0 Å². The number of carbonyl (C=O) groups excluding carboxylic acids is 2. The predicted octanol–water partition coefficient (Wildman–Crippen LogP) is -0.598. The molecule has 2 rings (SSSR count). The number of hydrogen-bond donors (Lipinski definition) is 3. The number of anilines is 1. The summed E-state index contributed by atoms with van der Waals surface area (Å²) in [6.45, 7) is 1.21. The predicted molar refractivity (Wildman–Crippen MR) is 70.7 cm³/mol. The Morgan fingerprint density at radius 1 is 1.42 bits per heavy atom. The molecule has 6 heteroatoms. The number of likely N-dealkylation sites (N-methyl/N-ethyl adjacent to an activating group) is 1. The van der Waals surface area contributed by atoms with Crippen LogP contribution in [0.5, 0.6) is 0 Å². The molecule has 1 atom stereocenters. The zero-order valence-corrected chi connectivity index (χ0v) is 10.7. The van der Waals surface area contributed by atoms with Gasteiger partial charge in [-0.2, -0.15) is 0 Å². The van der Waals surface area contributed by atoms with Crippen molar-refractivity contribution in [2.75, 3.05) is 31.6 Å². The number of nitrogens with one attached hydrogen (secondary N) is 2. The molecule has 102 valence electrons. The van der Waals surface area contributed by atoms with Crippen LogP contribution in [-0.2, 0) is 9.59 Å². The first kappa shape index (κ1) is 13.5. The molecule has 0 radical (unpaired) electrons. The number of hydrogen-bond acceptors (Lipinski definition) is 4. The van der Waals surface area contributed by atoms with Gasteiger partial charge in [-0.1, -0.05) is 18.2 Å². The molecule has 1 aromatic rings. The van der Waals surface area contributed by atoms with E-state index in [1.807, 2.05) is 0 Å². The summed E-state index contributed by atoms with van der Waals surface area (Å²) in [5, 5.41) is 15.5. The highest BCUT2D eigenvalue weighted by molar-refractivity contribution is 6.41. The Bertz CT molecular complexity index is 490. The van der Waals surface area contributed by atoms with Crippen LogP contribution in [0, 0.1) is 0 Å². The fraction of sp³-hybridized carbons (Fsp3) is 0.385. The monoisotopic (exact) mass is 263 g/mol. The van der Waals surface area contributed by atoms with Gasteiger partial charge >= 0.3 is 11.8 Å². The third-order valence-electron chi connectivity index (χ3n) is 3.04. The molecule has 1 unspecified atom stereocenters. The van der Waals surface area contributed by atoms with Crippen LogP contribution in [0.3, 0.4) is 0 Å². The normalized spacial score (nSPS) is 17.3. The Kier molecular flexibility index (Phi) is 4.13. The van der Waals surface area contributed by atoms with Crippen molar-refractivity contribution in [2.45, 2.75) is 6.10 Å². The summed E-state index contributed by atoms with van der Waals surface area (Å²) >= 11 is 0. The summed E-state index contributed by atoms with van der Waals surface area (Å²) in [6.07, 6.45) is -0.723. The van der Waals surface area contributed by atoms with Crippen molar-refractivity contribution in [1.82, 2.24) is 10.6 Å². The Labute approximate surface area is 111 Å². The maximum Gasteiger partial charge on any atom is 0.316 e. The average Bonchev–Trinajstić information content (AvgIpc) is 2.42. The zero-order valence-electron chi connectivity index (χ0n) is 10.7. The van der Waals surface area contributed by atoms with Crippen LogP contribution >= 0.6 is 0 Å². The lowest BCUT2D eigenvalue weighted by Crippen LogP contribution is -2.52. The molecule has 19 heavy (non-hydrogen) atoms. The van der Waals surface area contributed by atoms with Gasteiger partial charge in [-0.15, -0.1) is 0 Å². The second-order valence-electron chi connectivity index (χ2n) is 4.34. The fourth-order valence-corrected chi connectivity index (χ4v) is 2.13. The number of piperazine rings is 1. The number of aliphatic hydroxyl groups is 1.